The summed E-state index contributed by atoms with van der Waals surface area (Å²) in [5.74, 6) is 0.790. The fraction of sp³-hybridized carbons (Fsp3) is 0.600. The van der Waals surface area contributed by atoms with Crippen molar-refractivity contribution >= 4 is 11.6 Å². The molecular formula is C15H24N4O2. The van der Waals surface area contributed by atoms with E-state index in [0.29, 0.717) is 18.5 Å². The van der Waals surface area contributed by atoms with Gasteiger partial charge < -0.3 is 15.0 Å². The zero-order valence-corrected chi connectivity index (χ0v) is 13.0. The molecule has 21 heavy (non-hydrogen) atoms. The Labute approximate surface area is 126 Å². The van der Waals surface area contributed by atoms with Crippen molar-refractivity contribution in [3.8, 4) is 5.88 Å². The minimum atomic E-state index is 0.162. The average Bonchev–Trinajstić information content (AvgIpc) is 2.49. The summed E-state index contributed by atoms with van der Waals surface area (Å²) >= 11 is 0. The van der Waals surface area contributed by atoms with Crippen LogP contribution in [0.15, 0.2) is 18.3 Å². The molecule has 116 valence electrons. The zero-order chi connectivity index (χ0) is 15.2. The SMILES string of the molecule is COc1ncccc1NC1CCN(CC(=O)N(C)C)CC1. The van der Waals surface area contributed by atoms with E-state index < -0.39 is 0 Å². The van der Waals surface area contributed by atoms with Gasteiger partial charge in [0.2, 0.25) is 11.8 Å². The number of nitrogens with zero attached hydrogens (tertiary/aromatic N) is 3. The van der Waals surface area contributed by atoms with Crippen LogP contribution in [0.5, 0.6) is 5.88 Å². The van der Waals surface area contributed by atoms with Gasteiger partial charge in [0.05, 0.1) is 19.3 Å². The molecule has 1 aliphatic rings. The van der Waals surface area contributed by atoms with Crippen LogP contribution in [0, 0.1) is 0 Å². The summed E-state index contributed by atoms with van der Waals surface area (Å²) < 4.78 is 5.25. The van der Waals surface area contributed by atoms with Crippen LogP contribution in [0.1, 0.15) is 12.8 Å². The Morgan fingerprint density at radius 1 is 1.48 bits per heavy atom. The minimum absolute atomic E-state index is 0.162. The monoisotopic (exact) mass is 292 g/mol. The normalized spacial score (nSPS) is 16.5. The molecule has 1 aliphatic heterocycles. The van der Waals surface area contributed by atoms with Gasteiger partial charge in [-0.1, -0.05) is 0 Å². The number of hydrogen-bond acceptors (Lipinski definition) is 5. The van der Waals surface area contributed by atoms with Crippen LogP contribution in [0.4, 0.5) is 5.69 Å². The first-order chi connectivity index (χ1) is 10.1. The molecule has 2 rings (SSSR count). The average molecular weight is 292 g/mol. The van der Waals surface area contributed by atoms with E-state index in [1.165, 1.54) is 0 Å². The second kappa shape index (κ2) is 7.26. The fourth-order valence-electron chi connectivity index (χ4n) is 2.45. The number of nitrogens with one attached hydrogen (secondary N) is 1. The van der Waals surface area contributed by atoms with Gasteiger partial charge in [-0.05, 0) is 25.0 Å². The summed E-state index contributed by atoms with van der Waals surface area (Å²) in [4.78, 5) is 19.8. The molecule has 1 fully saturated rings. The molecule has 6 heteroatoms. The maximum Gasteiger partial charge on any atom is 0.237 e. The number of anilines is 1. The molecule has 0 bridgehead atoms. The Hall–Kier alpha value is -1.82. The topological polar surface area (TPSA) is 57.7 Å². The van der Waals surface area contributed by atoms with Gasteiger partial charge in [-0.2, -0.15) is 0 Å². The summed E-state index contributed by atoms with van der Waals surface area (Å²) in [7, 11) is 5.22. The van der Waals surface area contributed by atoms with E-state index in [1.54, 1.807) is 32.3 Å². The van der Waals surface area contributed by atoms with E-state index >= 15 is 0 Å². The number of carbonyl (C=O) groups excluding carboxylic acids is 1. The molecular weight excluding hydrogens is 268 g/mol. The molecule has 1 amide bonds. The summed E-state index contributed by atoms with van der Waals surface area (Å²) in [6, 6.07) is 4.28. The number of piperidine rings is 1. The molecule has 6 nitrogen and oxygen atoms in total. The predicted molar refractivity (Wildman–Crippen MR) is 82.6 cm³/mol. The van der Waals surface area contributed by atoms with Gasteiger partial charge >= 0.3 is 0 Å². The molecule has 0 radical (unpaired) electrons. The van der Waals surface area contributed by atoms with Gasteiger partial charge in [0.15, 0.2) is 0 Å². The molecule has 1 aromatic rings. The van der Waals surface area contributed by atoms with Crippen LogP contribution < -0.4 is 10.1 Å². The second-order valence-electron chi connectivity index (χ2n) is 5.54. The van der Waals surface area contributed by atoms with Gasteiger partial charge in [-0.25, -0.2) is 4.98 Å². The highest BCUT2D eigenvalue weighted by molar-refractivity contribution is 5.77. The standard InChI is InChI=1S/C15H24N4O2/c1-18(2)14(20)11-19-9-6-12(7-10-19)17-13-5-4-8-16-15(13)21-3/h4-5,8,12,17H,6-7,9-11H2,1-3H3. The van der Waals surface area contributed by atoms with Gasteiger partial charge in [0, 0.05) is 39.4 Å². The van der Waals surface area contributed by atoms with E-state index in [9.17, 15) is 4.79 Å². The molecule has 0 unspecified atom stereocenters. The molecule has 2 heterocycles. The fourth-order valence-corrected chi connectivity index (χ4v) is 2.45. The van der Waals surface area contributed by atoms with Crippen LogP contribution in [-0.4, -0.2) is 67.6 Å². The van der Waals surface area contributed by atoms with Crippen molar-refractivity contribution < 1.29 is 9.53 Å². The predicted octanol–water partition coefficient (Wildman–Crippen LogP) is 1.05. The molecule has 0 aromatic carbocycles. The number of ether oxygens (including phenoxy) is 1. The van der Waals surface area contributed by atoms with Crippen molar-refractivity contribution in [3.63, 3.8) is 0 Å². The molecule has 1 saturated heterocycles. The van der Waals surface area contributed by atoms with Crippen molar-refractivity contribution in [1.82, 2.24) is 14.8 Å². The van der Waals surface area contributed by atoms with Gasteiger partial charge in [-0.15, -0.1) is 0 Å². The summed E-state index contributed by atoms with van der Waals surface area (Å²) in [6.07, 6.45) is 3.75. The first-order valence-corrected chi connectivity index (χ1v) is 7.28. The van der Waals surface area contributed by atoms with Crippen molar-refractivity contribution in [3.05, 3.63) is 18.3 Å². The lowest BCUT2D eigenvalue weighted by molar-refractivity contribution is -0.130. The van der Waals surface area contributed by atoms with Crippen LogP contribution in [0.3, 0.4) is 0 Å². The third-order valence-corrected chi connectivity index (χ3v) is 3.77. The largest absolute Gasteiger partial charge is 0.480 e. The maximum absolute atomic E-state index is 11.7. The summed E-state index contributed by atoms with van der Waals surface area (Å²) in [6.45, 7) is 2.37. The molecule has 0 atom stereocenters. The maximum atomic E-state index is 11.7. The van der Waals surface area contributed by atoms with Gasteiger partial charge in [-0.3, -0.25) is 9.69 Å². The quantitative estimate of drug-likeness (QED) is 0.879. The highest BCUT2D eigenvalue weighted by atomic mass is 16.5. The van der Waals surface area contributed by atoms with Crippen LogP contribution >= 0.6 is 0 Å². The third-order valence-electron chi connectivity index (χ3n) is 3.77. The highest BCUT2D eigenvalue weighted by Gasteiger charge is 2.22. The van der Waals surface area contributed by atoms with E-state index in [1.807, 2.05) is 12.1 Å². The lowest BCUT2D eigenvalue weighted by Crippen LogP contribution is -2.43. The Bertz CT molecular complexity index is 470. The molecule has 1 aromatic heterocycles. The van der Waals surface area contributed by atoms with Crippen molar-refractivity contribution in [2.75, 3.05) is 46.2 Å². The Morgan fingerprint density at radius 3 is 2.81 bits per heavy atom. The van der Waals surface area contributed by atoms with Crippen molar-refractivity contribution in [1.29, 1.82) is 0 Å². The number of likely N-dealkylation sites (tertiary alicyclic amines) is 1. The van der Waals surface area contributed by atoms with Gasteiger partial charge in [0.1, 0.15) is 0 Å². The number of pyridine rings is 1. The summed E-state index contributed by atoms with van der Waals surface area (Å²) in [5, 5.41) is 3.49. The van der Waals surface area contributed by atoms with Crippen LogP contribution in [0.25, 0.3) is 0 Å². The molecule has 0 saturated carbocycles. The van der Waals surface area contributed by atoms with Crippen molar-refractivity contribution in [2.45, 2.75) is 18.9 Å². The van der Waals surface area contributed by atoms with E-state index in [4.69, 9.17) is 4.74 Å². The van der Waals surface area contributed by atoms with Gasteiger partial charge in [0.25, 0.3) is 0 Å². The van der Waals surface area contributed by atoms with Crippen LogP contribution in [-0.2, 0) is 4.79 Å². The number of rotatable bonds is 5. The first-order valence-electron chi connectivity index (χ1n) is 7.28. The zero-order valence-electron chi connectivity index (χ0n) is 13.0. The van der Waals surface area contributed by atoms with E-state index in [-0.39, 0.29) is 5.91 Å². The minimum Gasteiger partial charge on any atom is -0.480 e. The Kier molecular flexibility index (Phi) is 5.38. The lowest BCUT2D eigenvalue weighted by Gasteiger charge is -2.33. The Balaban J connectivity index is 1.83. The number of likely N-dealkylation sites (N-methyl/N-ethyl adjacent to an activating group) is 1. The van der Waals surface area contributed by atoms with Crippen LogP contribution in [0.2, 0.25) is 0 Å². The second-order valence-corrected chi connectivity index (χ2v) is 5.54. The smallest absolute Gasteiger partial charge is 0.237 e. The summed E-state index contributed by atoms with van der Waals surface area (Å²) in [5.41, 5.74) is 0.933. The third kappa shape index (κ3) is 4.32. The van der Waals surface area contributed by atoms with E-state index in [0.717, 1.165) is 31.6 Å². The first kappa shape index (κ1) is 15.6. The number of hydrogen-bond donors (Lipinski definition) is 1. The highest BCUT2D eigenvalue weighted by Crippen LogP contribution is 2.23. The molecule has 0 aliphatic carbocycles. The number of aromatic nitrogens is 1. The molecule has 1 N–H and O–H groups in total. The number of amides is 1. The lowest BCUT2D eigenvalue weighted by atomic mass is 10.0. The number of methoxy groups -OCH3 is 1. The van der Waals surface area contributed by atoms with E-state index in [2.05, 4.69) is 15.2 Å². The molecule has 0 spiro atoms. The van der Waals surface area contributed by atoms with Crippen molar-refractivity contribution in [2.24, 2.45) is 0 Å². The number of carbonyl (C=O) groups is 1. The Morgan fingerprint density at radius 2 is 2.19 bits per heavy atom.